The Hall–Kier alpha value is -5.60. The van der Waals surface area contributed by atoms with Gasteiger partial charge in [-0.2, -0.15) is 0 Å². The van der Waals surface area contributed by atoms with Gasteiger partial charge in [0.15, 0.2) is 0 Å². The molecule has 2 heterocycles. The van der Waals surface area contributed by atoms with Crippen molar-refractivity contribution in [1.29, 1.82) is 0 Å². The van der Waals surface area contributed by atoms with Gasteiger partial charge in [-0.1, -0.05) is 134 Å². The Morgan fingerprint density at radius 1 is 0.780 bits per heavy atom. The van der Waals surface area contributed by atoms with E-state index >= 15 is 0 Å². The van der Waals surface area contributed by atoms with Crippen LogP contribution in [0, 0.1) is 5.92 Å². The topological polar surface area (TPSA) is 25.2 Å². The molecule has 9 rings (SSSR count). The summed E-state index contributed by atoms with van der Waals surface area (Å²) < 4.78 is 0. The van der Waals surface area contributed by atoms with E-state index in [0.29, 0.717) is 5.92 Å². The van der Waals surface area contributed by atoms with Gasteiger partial charge in [-0.15, -0.1) is 0 Å². The van der Waals surface area contributed by atoms with Crippen LogP contribution in [-0.2, 0) is 12.8 Å². The lowest BCUT2D eigenvalue weighted by Gasteiger charge is -2.22. The third-order valence-corrected chi connectivity index (χ3v) is 10.8. The van der Waals surface area contributed by atoms with Gasteiger partial charge in [0.2, 0.25) is 0 Å². The van der Waals surface area contributed by atoms with Crippen LogP contribution in [0.15, 0.2) is 120 Å². The Labute approximate surface area is 294 Å². The summed E-state index contributed by atoms with van der Waals surface area (Å²) in [5.74, 6) is 0.292. The summed E-state index contributed by atoms with van der Waals surface area (Å²) >= 11 is 0. The number of fused-ring (bicyclic) bond motifs is 4. The van der Waals surface area contributed by atoms with Crippen LogP contribution >= 0.6 is 0 Å². The fourth-order valence-corrected chi connectivity index (χ4v) is 8.19. The summed E-state index contributed by atoms with van der Waals surface area (Å²) in [5, 5.41) is 5.37. The summed E-state index contributed by atoms with van der Waals surface area (Å²) in [4.78, 5) is 9.76. The minimum Gasteiger partial charge on any atom is -0.284 e. The number of nitrogens with zero attached hydrogens (tertiary/aromatic N) is 2. The molecular weight excluding hydrogens is 605 g/mol. The van der Waals surface area contributed by atoms with Crippen molar-refractivity contribution in [1.82, 2.24) is 4.98 Å². The van der Waals surface area contributed by atoms with Crippen LogP contribution in [0.25, 0.3) is 63.4 Å². The Morgan fingerprint density at radius 3 is 2.52 bits per heavy atom. The molecule has 2 unspecified atom stereocenters. The predicted octanol–water partition coefficient (Wildman–Crippen LogP) is 10.1. The Kier molecular flexibility index (Phi) is 7.93. The molecule has 2 heteroatoms. The molecule has 3 aliphatic carbocycles. The number of hydrogen-bond acceptors (Lipinski definition) is 2. The van der Waals surface area contributed by atoms with Gasteiger partial charge in [-0.05, 0) is 110 Å². The molecular formula is C48H40N2. The van der Waals surface area contributed by atoms with E-state index in [1.54, 1.807) is 0 Å². The Bertz CT molecular complexity index is 2460. The fraction of sp³-hybridized carbons (Fsp3) is 0.167. The number of pyridine rings is 1. The number of aromatic nitrogens is 1. The molecule has 0 radical (unpaired) electrons. The highest BCUT2D eigenvalue weighted by molar-refractivity contribution is 6.10. The molecule has 1 aliphatic heterocycles. The van der Waals surface area contributed by atoms with Gasteiger partial charge in [-0.25, -0.2) is 0 Å². The molecule has 0 bridgehead atoms. The molecule has 4 aromatic carbocycles. The third-order valence-electron chi connectivity index (χ3n) is 10.8. The molecule has 4 aliphatic rings. The van der Waals surface area contributed by atoms with Gasteiger partial charge in [0.1, 0.15) is 0 Å². The van der Waals surface area contributed by atoms with Crippen molar-refractivity contribution in [3.05, 3.63) is 165 Å². The maximum absolute atomic E-state index is 4.97. The summed E-state index contributed by atoms with van der Waals surface area (Å²) in [6.45, 7) is 2.24. The first kappa shape index (κ1) is 30.5. The normalized spacial score (nSPS) is 18.9. The molecule has 2 nitrogen and oxygen atoms in total. The fourth-order valence-electron chi connectivity index (χ4n) is 8.19. The van der Waals surface area contributed by atoms with Crippen molar-refractivity contribution in [2.24, 2.45) is 10.9 Å². The van der Waals surface area contributed by atoms with E-state index in [1.165, 1.54) is 65.7 Å². The zero-order valence-electron chi connectivity index (χ0n) is 28.5. The second kappa shape index (κ2) is 13.0. The zero-order chi connectivity index (χ0) is 33.4. The number of dihydropyridines is 1. The van der Waals surface area contributed by atoms with Crippen molar-refractivity contribution >= 4 is 58.5 Å². The average molecular weight is 645 g/mol. The van der Waals surface area contributed by atoms with E-state index in [-0.39, 0.29) is 6.04 Å². The molecule has 242 valence electrons. The molecule has 1 aromatic heterocycles. The maximum Gasteiger partial charge on any atom is 0.0780 e. The summed E-state index contributed by atoms with van der Waals surface area (Å²) in [7, 11) is 0. The Morgan fingerprint density at radius 2 is 1.62 bits per heavy atom. The third kappa shape index (κ3) is 5.55. The second-order valence-electron chi connectivity index (χ2n) is 13.8. The number of allylic oxidation sites excluding steroid dienone is 4. The van der Waals surface area contributed by atoms with Crippen LogP contribution in [0.3, 0.4) is 0 Å². The molecule has 5 aromatic rings. The molecule has 50 heavy (non-hydrogen) atoms. The van der Waals surface area contributed by atoms with Crippen molar-refractivity contribution in [3.8, 4) is 11.1 Å². The zero-order valence-corrected chi connectivity index (χ0v) is 28.5. The van der Waals surface area contributed by atoms with Crippen LogP contribution in [0.4, 0.5) is 0 Å². The van der Waals surface area contributed by atoms with Gasteiger partial charge in [0, 0.05) is 29.5 Å². The number of aliphatic imine (C=N–C) groups is 1. The van der Waals surface area contributed by atoms with Crippen molar-refractivity contribution in [3.63, 3.8) is 0 Å². The van der Waals surface area contributed by atoms with Gasteiger partial charge in [-0.3, -0.25) is 9.98 Å². The average Bonchev–Trinajstić information content (AvgIpc) is 3.19. The Balaban J connectivity index is 1.20. The monoisotopic (exact) mass is 644 g/mol. The summed E-state index contributed by atoms with van der Waals surface area (Å²) in [6, 6.07) is 29.3. The van der Waals surface area contributed by atoms with Crippen LogP contribution in [0.2, 0.25) is 0 Å². The van der Waals surface area contributed by atoms with E-state index in [1.807, 2.05) is 12.4 Å². The lowest BCUT2D eigenvalue weighted by atomic mass is 9.82. The molecule has 0 saturated carbocycles. The first-order valence-electron chi connectivity index (χ1n) is 18.2. The molecule has 0 fully saturated rings. The highest BCUT2D eigenvalue weighted by Crippen LogP contribution is 2.36. The van der Waals surface area contributed by atoms with Gasteiger partial charge >= 0.3 is 0 Å². The SMILES string of the molecule is CCc1ccccc1/C=C/c1c2c(c(C3=Cc4ccccc4CC3)c3cc(-c4ccc(C5=CC6C=CC=CC6N=C5)nc4)ccc13)=CCCC=2. The molecule has 0 amide bonds. The van der Waals surface area contributed by atoms with Crippen LogP contribution in [0.1, 0.15) is 65.3 Å². The lowest BCUT2D eigenvalue weighted by Crippen LogP contribution is -2.33. The number of rotatable bonds is 6. The van der Waals surface area contributed by atoms with Crippen molar-refractivity contribution in [2.75, 3.05) is 0 Å². The van der Waals surface area contributed by atoms with Gasteiger partial charge < -0.3 is 0 Å². The maximum atomic E-state index is 4.97. The van der Waals surface area contributed by atoms with E-state index in [9.17, 15) is 0 Å². The minimum absolute atomic E-state index is 0.198. The van der Waals surface area contributed by atoms with E-state index in [4.69, 9.17) is 9.98 Å². The highest BCUT2D eigenvalue weighted by Gasteiger charge is 2.21. The van der Waals surface area contributed by atoms with E-state index in [0.717, 1.165) is 48.9 Å². The summed E-state index contributed by atoms with van der Waals surface area (Å²) in [5.41, 5.74) is 14.0. The molecule has 2 atom stereocenters. The number of benzene rings is 4. The van der Waals surface area contributed by atoms with Crippen LogP contribution < -0.4 is 10.4 Å². The van der Waals surface area contributed by atoms with E-state index in [2.05, 4.69) is 147 Å². The minimum atomic E-state index is 0.198. The lowest BCUT2D eigenvalue weighted by molar-refractivity contribution is 0.685. The van der Waals surface area contributed by atoms with Crippen LogP contribution in [-0.4, -0.2) is 17.2 Å². The smallest absolute Gasteiger partial charge is 0.0780 e. The molecule has 0 spiro atoms. The number of hydrogen-bond donors (Lipinski definition) is 0. The first-order valence-corrected chi connectivity index (χ1v) is 18.2. The van der Waals surface area contributed by atoms with Crippen molar-refractivity contribution < 1.29 is 0 Å². The number of aryl methyl sites for hydroxylation is 2. The predicted molar refractivity (Wildman–Crippen MR) is 214 cm³/mol. The molecule has 0 N–H and O–H groups in total. The van der Waals surface area contributed by atoms with Crippen molar-refractivity contribution in [2.45, 2.75) is 45.1 Å². The van der Waals surface area contributed by atoms with Gasteiger partial charge in [0.25, 0.3) is 0 Å². The van der Waals surface area contributed by atoms with Crippen LogP contribution in [0.5, 0.6) is 0 Å². The quantitative estimate of drug-likeness (QED) is 0.169. The standard InChI is InChI=1S/C48H40N2/c1-2-32-11-3-4-12-33(32)21-24-42-41-16-8-9-17-44(41)48(38-20-19-34-13-5-6-14-35(34)27-38)45-29-36(22-25-43(42)45)39-23-26-47(49-30-39)40-28-37-15-7-10-18-46(37)50-31-40/h3-7,10-18,21-31,37,46H,2,8-9,19-20H2,1H3/b24-21+. The second-order valence-corrected chi connectivity index (χ2v) is 13.8. The summed E-state index contributed by atoms with van der Waals surface area (Å²) in [6.07, 6.45) is 32.3. The highest BCUT2D eigenvalue weighted by atomic mass is 14.8. The molecule has 0 saturated heterocycles. The van der Waals surface area contributed by atoms with Gasteiger partial charge in [0.05, 0.1) is 11.7 Å². The van der Waals surface area contributed by atoms with E-state index < -0.39 is 0 Å². The largest absolute Gasteiger partial charge is 0.284 e. The first-order chi connectivity index (χ1) is 24.7.